The van der Waals surface area contributed by atoms with Crippen molar-refractivity contribution in [3.63, 3.8) is 0 Å². The van der Waals surface area contributed by atoms with Crippen LogP contribution in [0.25, 0.3) is 0 Å². The average Bonchev–Trinajstić information content (AvgIpc) is 3.47. The van der Waals surface area contributed by atoms with Gasteiger partial charge in [-0.3, -0.25) is 4.79 Å². The number of carbonyl (C=O) groups is 2. The first-order chi connectivity index (χ1) is 21.9. The van der Waals surface area contributed by atoms with Crippen LogP contribution in [0.5, 0.6) is 0 Å². The van der Waals surface area contributed by atoms with Gasteiger partial charge in [0.1, 0.15) is 18.2 Å². The van der Waals surface area contributed by atoms with Crippen LogP contribution in [0, 0.1) is 39.7 Å². The molecule has 2 unspecified atom stereocenters. The number of anilines is 1. The zero-order valence-electron chi connectivity index (χ0n) is 27.6. The van der Waals surface area contributed by atoms with Crippen molar-refractivity contribution in [1.29, 1.82) is 0 Å². The van der Waals surface area contributed by atoms with Crippen LogP contribution >= 0.6 is 0 Å². The summed E-state index contributed by atoms with van der Waals surface area (Å²) in [6.45, 7) is 3.36. The van der Waals surface area contributed by atoms with Gasteiger partial charge in [-0.05, 0) is 44.2 Å². The highest BCUT2D eigenvalue weighted by Crippen LogP contribution is 2.81. The van der Waals surface area contributed by atoms with Crippen LogP contribution in [0.1, 0.15) is 49.9 Å². The summed E-state index contributed by atoms with van der Waals surface area (Å²) in [6.07, 6.45) is -0.189. The van der Waals surface area contributed by atoms with E-state index in [1.165, 1.54) is 14.0 Å². The zero-order valence-corrected chi connectivity index (χ0v) is 27.6. The molecule has 7 bridgehead atoms. The molecule has 5 aliphatic carbocycles. The lowest BCUT2D eigenvalue weighted by atomic mass is 9.42. The number of methoxy groups -OCH3 is 4. The minimum Gasteiger partial charge on any atom is -0.632 e. The SMILES string of the molecule is CC[N+]1([O-])C[C@]2(COC(=O)c3ccccc3NC(C)=O)CCC(OC)[C@@]34[C@@H]5C[C@H]6[C@H](OC)[C@@H]5[C@](O)(C[C@@H]6OC)[C@](O)([C@@H](OC)[C@H]23)[C@H]41. The largest absolute Gasteiger partial charge is 0.632 e. The number of likely N-dealkylation sites (tertiary alicyclic amines) is 1. The van der Waals surface area contributed by atoms with E-state index in [9.17, 15) is 19.8 Å². The van der Waals surface area contributed by atoms with Gasteiger partial charge in [0.15, 0.2) is 5.60 Å². The predicted octanol–water partition coefficient (Wildman–Crippen LogP) is 2.11. The number of fused-ring (bicyclic) bond motifs is 2. The number of ether oxygens (including phenoxy) is 5. The Morgan fingerprint density at radius 2 is 1.83 bits per heavy atom. The molecular formula is C34H48N2O10. The third kappa shape index (κ3) is 3.67. The highest BCUT2D eigenvalue weighted by molar-refractivity contribution is 6.00. The number of carbonyl (C=O) groups excluding carboxylic acids is 2. The lowest BCUT2D eigenvalue weighted by Gasteiger charge is -2.73. The molecule has 6 fully saturated rings. The molecule has 1 aromatic carbocycles. The maximum atomic E-state index is 15.5. The minimum absolute atomic E-state index is 0.0311. The van der Waals surface area contributed by atoms with E-state index in [4.69, 9.17) is 23.7 Å². The predicted molar refractivity (Wildman–Crippen MR) is 164 cm³/mol. The maximum absolute atomic E-state index is 15.5. The fourth-order valence-electron chi connectivity index (χ4n) is 12.5. The van der Waals surface area contributed by atoms with Gasteiger partial charge in [-0.15, -0.1) is 0 Å². The number of hydrogen-bond acceptors (Lipinski definition) is 10. The fourth-order valence-corrected chi connectivity index (χ4v) is 12.5. The van der Waals surface area contributed by atoms with E-state index in [1.807, 2.05) is 6.92 Å². The van der Waals surface area contributed by atoms with Crippen LogP contribution in [0.15, 0.2) is 24.3 Å². The monoisotopic (exact) mass is 644 g/mol. The normalized spacial score (nSPS) is 49.5. The third-order valence-corrected chi connectivity index (χ3v) is 13.6. The Morgan fingerprint density at radius 1 is 1.09 bits per heavy atom. The summed E-state index contributed by atoms with van der Waals surface area (Å²) in [6, 6.07) is 5.73. The van der Waals surface area contributed by atoms with Gasteiger partial charge in [0.05, 0.1) is 59.6 Å². The number of hydrogen-bond donors (Lipinski definition) is 3. The van der Waals surface area contributed by atoms with Gasteiger partial charge < -0.3 is 49.1 Å². The summed E-state index contributed by atoms with van der Waals surface area (Å²) in [5.74, 6) is -2.12. The zero-order chi connectivity index (χ0) is 33.0. The Balaban J connectivity index is 1.40. The summed E-state index contributed by atoms with van der Waals surface area (Å²) in [5, 5.41) is 44.7. The first-order valence-electron chi connectivity index (χ1n) is 16.6. The second-order valence-electron chi connectivity index (χ2n) is 14.9. The lowest BCUT2D eigenvalue weighted by molar-refractivity contribution is -0.936. The Labute approximate surface area is 269 Å². The quantitative estimate of drug-likeness (QED) is 0.207. The number of para-hydroxylation sites is 1. The number of amides is 1. The molecule has 14 atom stereocenters. The molecule has 254 valence electrons. The molecule has 0 aromatic heterocycles. The number of nitrogens with one attached hydrogen (secondary N) is 1. The lowest BCUT2D eigenvalue weighted by Crippen LogP contribution is -2.85. The molecule has 3 N–H and O–H groups in total. The van der Waals surface area contributed by atoms with Crippen molar-refractivity contribution in [1.82, 2.24) is 0 Å². The molecule has 1 saturated heterocycles. The number of quaternary nitrogens is 1. The second kappa shape index (κ2) is 10.7. The van der Waals surface area contributed by atoms with Crippen molar-refractivity contribution in [2.24, 2.45) is 34.5 Å². The Hall–Kier alpha value is -2.16. The molecule has 5 saturated carbocycles. The summed E-state index contributed by atoms with van der Waals surface area (Å²) in [4.78, 5) is 25.6. The highest BCUT2D eigenvalue weighted by atomic mass is 16.6. The molecule has 1 amide bonds. The molecule has 46 heavy (non-hydrogen) atoms. The van der Waals surface area contributed by atoms with Gasteiger partial charge in [-0.1, -0.05) is 12.1 Å². The first kappa shape index (κ1) is 32.4. The molecule has 1 aliphatic heterocycles. The first-order valence-corrected chi connectivity index (χ1v) is 16.6. The Morgan fingerprint density at radius 3 is 2.46 bits per heavy atom. The molecular weight excluding hydrogens is 596 g/mol. The van der Waals surface area contributed by atoms with E-state index in [-0.39, 0.29) is 61.6 Å². The molecule has 1 aromatic rings. The highest BCUT2D eigenvalue weighted by Gasteiger charge is 2.94. The maximum Gasteiger partial charge on any atom is 0.340 e. The molecule has 12 nitrogen and oxygen atoms in total. The molecule has 1 spiro atoms. The van der Waals surface area contributed by atoms with Crippen molar-refractivity contribution in [2.45, 2.75) is 81.2 Å². The standard InChI is InChI=1S/C34H48N2O10/c1-7-36(41)16-31(17-46-29(38)19-10-8-9-11-22(19)35-18(2)37)13-12-24(43-4)33-21-14-20-23(42-3)15-32(39,25(21)26(20)44-5)34(40,30(33)36)28(45-6)27(31)33/h8-11,20-21,23-28,30,39-40H,7,12-17H2,1-6H3,(H,35,37)/t20-,21-,23+,24?,25-,26+,27-,28+,30+,31+,32-,33+,34+,36?/m1/s1. The average molecular weight is 645 g/mol. The Kier molecular flexibility index (Phi) is 7.51. The van der Waals surface area contributed by atoms with E-state index >= 15 is 5.21 Å². The van der Waals surface area contributed by atoms with Gasteiger partial charge >= 0.3 is 5.97 Å². The third-order valence-electron chi connectivity index (χ3n) is 13.6. The number of rotatable bonds is 9. The van der Waals surface area contributed by atoms with Crippen molar-refractivity contribution in [3.05, 3.63) is 35.0 Å². The smallest absolute Gasteiger partial charge is 0.340 e. The van der Waals surface area contributed by atoms with Crippen molar-refractivity contribution in [3.8, 4) is 0 Å². The van der Waals surface area contributed by atoms with Gasteiger partial charge in [0, 0.05) is 59.5 Å². The van der Waals surface area contributed by atoms with E-state index in [1.54, 1.807) is 45.6 Å². The molecule has 1 heterocycles. The number of hydroxylamine groups is 3. The molecule has 0 radical (unpaired) electrons. The van der Waals surface area contributed by atoms with E-state index < -0.39 is 62.7 Å². The molecule has 7 rings (SSSR count). The molecule has 12 heteroatoms. The number of nitrogens with zero attached hydrogens (tertiary/aromatic N) is 1. The van der Waals surface area contributed by atoms with Crippen LogP contribution in [-0.4, -0.2) is 117 Å². The number of esters is 1. The van der Waals surface area contributed by atoms with Crippen LogP contribution in [0.3, 0.4) is 0 Å². The topological polar surface area (TPSA) is 156 Å². The van der Waals surface area contributed by atoms with Gasteiger partial charge in [-0.2, -0.15) is 0 Å². The van der Waals surface area contributed by atoms with Crippen molar-refractivity contribution >= 4 is 17.6 Å². The number of aliphatic hydroxyl groups is 2. The number of piperidine rings is 1. The minimum atomic E-state index is -1.96. The van der Waals surface area contributed by atoms with E-state index in [0.29, 0.717) is 24.9 Å². The molecule has 6 aliphatic rings. The van der Waals surface area contributed by atoms with Gasteiger partial charge in [0.2, 0.25) is 5.91 Å². The summed E-state index contributed by atoms with van der Waals surface area (Å²) in [7, 11) is 6.47. The van der Waals surface area contributed by atoms with Crippen LogP contribution in [0.2, 0.25) is 0 Å². The van der Waals surface area contributed by atoms with Crippen LogP contribution in [-0.2, 0) is 28.5 Å². The van der Waals surface area contributed by atoms with E-state index in [2.05, 4.69) is 5.32 Å². The summed E-state index contributed by atoms with van der Waals surface area (Å²) >= 11 is 0. The fraction of sp³-hybridized carbons (Fsp3) is 0.765. The van der Waals surface area contributed by atoms with Crippen LogP contribution in [0.4, 0.5) is 5.69 Å². The van der Waals surface area contributed by atoms with Crippen molar-refractivity contribution in [2.75, 3.05) is 53.5 Å². The summed E-state index contributed by atoms with van der Waals surface area (Å²) < 4.78 is 30.1. The number of likely N-dealkylation sites (N-methyl/N-ethyl adjacent to an activating group) is 1. The Bertz CT molecular complexity index is 1410. The van der Waals surface area contributed by atoms with Gasteiger partial charge in [-0.25, -0.2) is 4.79 Å². The van der Waals surface area contributed by atoms with Gasteiger partial charge in [0.25, 0.3) is 0 Å². The second-order valence-corrected chi connectivity index (χ2v) is 14.9. The number of benzene rings is 1. The van der Waals surface area contributed by atoms with Crippen LogP contribution < -0.4 is 5.32 Å². The summed E-state index contributed by atoms with van der Waals surface area (Å²) in [5.41, 5.74) is -4.92. The van der Waals surface area contributed by atoms with Crippen molar-refractivity contribution < 1.29 is 48.1 Å². The van der Waals surface area contributed by atoms with E-state index in [0.717, 1.165) is 0 Å².